The molecule has 1 aromatic carbocycles. The van der Waals surface area contributed by atoms with Gasteiger partial charge < -0.3 is 15.4 Å². The van der Waals surface area contributed by atoms with Gasteiger partial charge >= 0.3 is 12.2 Å². The van der Waals surface area contributed by atoms with Crippen molar-refractivity contribution in [3.8, 4) is 0 Å². The van der Waals surface area contributed by atoms with Gasteiger partial charge in [0.15, 0.2) is 0 Å². The number of alkyl halides is 3. The Morgan fingerprint density at radius 1 is 1.15 bits per heavy atom. The number of urea groups is 1. The van der Waals surface area contributed by atoms with Gasteiger partial charge in [0.05, 0.1) is 18.3 Å². The molecule has 1 aromatic rings. The Morgan fingerprint density at radius 3 is 2.54 bits per heavy atom. The van der Waals surface area contributed by atoms with Crippen molar-refractivity contribution in [2.24, 2.45) is 5.92 Å². The normalized spacial score (nSPS) is 29.3. The SMILES string of the molecule is O=C(Nc1ccc(C(F)(F)F)cc1)N[C@H]1C[C@H]2CO[C@H](C3CC3)CN2C1. The third kappa shape index (κ3) is 3.96. The number of fused-ring (bicyclic) bond motifs is 1. The number of hydrogen-bond acceptors (Lipinski definition) is 3. The van der Waals surface area contributed by atoms with E-state index in [1.165, 1.54) is 25.0 Å². The number of amides is 2. The van der Waals surface area contributed by atoms with Crippen LogP contribution in [0.25, 0.3) is 0 Å². The number of ether oxygens (including phenoxy) is 1. The highest BCUT2D eigenvalue weighted by atomic mass is 19.4. The maximum absolute atomic E-state index is 12.6. The van der Waals surface area contributed by atoms with Crippen LogP contribution in [-0.2, 0) is 10.9 Å². The van der Waals surface area contributed by atoms with E-state index in [9.17, 15) is 18.0 Å². The zero-order valence-corrected chi connectivity index (χ0v) is 14.3. The van der Waals surface area contributed by atoms with Crippen LogP contribution in [0.15, 0.2) is 24.3 Å². The Balaban J connectivity index is 1.27. The van der Waals surface area contributed by atoms with Crippen molar-refractivity contribution in [3.63, 3.8) is 0 Å². The van der Waals surface area contributed by atoms with E-state index < -0.39 is 17.8 Å². The van der Waals surface area contributed by atoms with Gasteiger partial charge in [0.1, 0.15) is 0 Å². The van der Waals surface area contributed by atoms with Crippen LogP contribution in [0, 0.1) is 5.92 Å². The van der Waals surface area contributed by atoms with Crippen molar-refractivity contribution in [2.45, 2.75) is 43.6 Å². The molecule has 3 atom stereocenters. The summed E-state index contributed by atoms with van der Waals surface area (Å²) in [6.07, 6.45) is -0.722. The molecule has 0 radical (unpaired) electrons. The van der Waals surface area contributed by atoms with Gasteiger partial charge in [0.25, 0.3) is 0 Å². The van der Waals surface area contributed by atoms with Crippen LogP contribution in [0.2, 0.25) is 0 Å². The number of halogens is 3. The van der Waals surface area contributed by atoms with Crippen LogP contribution >= 0.6 is 0 Å². The van der Waals surface area contributed by atoms with E-state index in [1.54, 1.807) is 0 Å². The summed E-state index contributed by atoms with van der Waals surface area (Å²) in [6.45, 7) is 2.42. The highest BCUT2D eigenvalue weighted by Gasteiger charge is 2.42. The quantitative estimate of drug-likeness (QED) is 0.861. The molecule has 2 aliphatic heterocycles. The molecule has 3 aliphatic rings. The van der Waals surface area contributed by atoms with Crippen molar-refractivity contribution < 1.29 is 22.7 Å². The minimum Gasteiger partial charge on any atom is -0.375 e. The number of benzene rings is 1. The van der Waals surface area contributed by atoms with Crippen molar-refractivity contribution >= 4 is 11.7 Å². The van der Waals surface area contributed by atoms with E-state index in [0.717, 1.165) is 31.6 Å². The molecule has 0 bridgehead atoms. The highest BCUT2D eigenvalue weighted by molar-refractivity contribution is 5.89. The minimum atomic E-state index is -4.38. The maximum Gasteiger partial charge on any atom is 0.416 e. The summed E-state index contributed by atoms with van der Waals surface area (Å²) in [4.78, 5) is 14.5. The van der Waals surface area contributed by atoms with E-state index in [1.807, 2.05) is 0 Å². The number of carbonyl (C=O) groups excluding carboxylic acids is 1. The first-order valence-corrected chi connectivity index (χ1v) is 8.99. The number of anilines is 1. The number of carbonyl (C=O) groups is 1. The Kier molecular flexibility index (Phi) is 4.56. The minimum absolute atomic E-state index is 0.0241. The number of rotatable bonds is 3. The zero-order chi connectivity index (χ0) is 18.3. The third-order valence-electron chi connectivity index (χ3n) is 5.40. The van der Waals surface area contributed by atoms with Gasteiger partial charge in [-0.1, -0.05) is 0 Å². The second kappa shape index (κ2) is 6.74. The summed E-state index contributed by atoms with van der Waals surface area (Å²) in [7, 11) is 0. The van der Waals surface area contributed by atoms with Gasteiger partial charge in [-0.15, -0.1) is 0 Å². The van der Waals surface area contributed by atoms with E-state index in [4.69, 9.17) is 4.74 Å². The smallest absolute Gasteiger partial charge is 0.375 e. The highest BCUT2D eigenvalue weighted by Crippen LogP contribution is 2.38. The van der Waals surface area contributed by atoms with Crippen LogP contribution in [0.5, 0.6) is 0 Å². The second-order valence-electron chi connectivity index (χ2n) is 7.42. The molecule has 26 heavy (non-hydrogen) atoms. The lowest BCUT2D eigenvalue weighted by atomic mass is 10.1. The van der Waals surface area contributed by atoms with Gasteiger partial charge in [0.2, 0.25) is 0 Å². The molecule has 1 aliphatic carbocycles. The van der Waals surface area contributed by atoms with Gasteiger partial charge in [-0.2, -0.15) is 13.2 Å². The molecule has 3 fully saturated rings. The zero-order valence-electron chi connectivity index (χ0n) is 14.3. The number of hydrogen-bond donors (Lipinski definition) is 2. The van der Waals surface area contributed by atoms with Crippen LogP contribution in [0.4, 0.5) is 23.7 Å². The fourth-order valence-electron chi connectivity index (χ4n) is 3.85. The molecule has 0 aromatic heterocycles. The maximum atomic E-state index is 12.6. The summed E-state index contributed by atoms with van der Waals surface area (Å²) < 4.78 is 43.6. The van der Waals surface area contributed by atoms with Crippen molar-refractivity contribution in [2.75, 3.05) is 25.0 Å². The van der Waals surface area contributed by atoms with Gasteiger partial charge in [0, 0.05) is 30.9 Å². The molecule has 142 valence electrons. The molecule has 2 heterocycles. The lowest BCUT2D eigenvalue weighted by Gasteiger charge is -2.35. The second-order valence-corrected chi connectivity index (χ2v) is 7.42. The molecule has 5 nitrogen and oxygen atoms in total. The number of morpholine rings is 1. The predicted octanol–water partition coefficient (Wildman–Crippen LogP) is 3.08. The summed E-state index contributed by atoms with van der Waals surface area (Å²) >= 11 is 0. The molecule has 2 amide bonds. The number of nitrogens with one attached hydrogen (secondary N) is 2. The van der Waals surface area contributed by atoms with Gasteiger partial charge in [-0.3, -0.25) is 4.90 Å². The molecule has 4 rings (SSSR count). The van der Waals surface area contributed by atoms with Crippen LogP contribution < -0.4 is 10.6 Å². The summed E-state index contributed by atoms with van der Waals surface area (Å²) in [5.74, 6) is 0.700. The van der Waals surface area contributed by atoms with Crippen molar-refractivity contribution in [1.29, 1.82) is 0 Å². The third-order valence-corrected chi connectivity index (χ3v) is 5.40. The lowest BCUT2D eigenvalue weighted by molar-refractivity contribution is -0.137. The van der Waals surface area contributed by atoms with E-state index in [0.29, 0.717) is 30.4 Å². The number of nitrogens with zero attached hydrogens (tertiary/aromatic N) is 1. The Hall–Kier alpha value is -1.80. The fourth-order valence-corrected chi connectivity index (χ4v) is 3.85. The summed E-state index contributed by atoms with van der Waals surface area (Å²) in [6, 6.07) is 4.40. The summed E-state index contributed by atoms with van der Waals surface area (Å²) in [5.41, 5.74) is -0.398. The van der Waals surface area contributed by atoms with Crippen molar-refractivity contribution in [1.82, 2.24) is 10.2 Å². The first-order valence-electron chi connectivity index (χ1n) is 8.99. The van der Waals surface area contributed by atoms with Crippen LogP contribution in [-0.4, -0.2) is 48.8 Å². The Labute approximate surface area is 149 Å². The van der Waals surface area contributed by atoms with E-state index in [2.05, 4.69) is 15.5 Å². The van der Waals surface area contributed by atoms with Gasteiger partial charge in [-0.05, 0) is 49.4 Å². The molecular formula is C18H22F3N3O2. The lowest BCUT2D eigenvalue weighted by Crippen LogP contribution is -2.47. The average molecular weight is 369 g/mol. The first kappa shape index (κ1) is 17.6. The Bertz CT molecular complexity index is 661. The topological polar surface area (TPSA) is 53.6 Å². The molecule has 2 saturated heterocycles. The molecular weight excluding hydrogens is 347 g/mol. The average Bonchev–Trinajstić information content (AvgIpc) is 3.34. The first-order chi connectivity index (χ1) is 12.4. The molecule has 0 spiro atoms. The predicted molar refractivity (Wildman–Crippen MR) is 89.8 cm³/mol. The van der Waals surface area contributed by atoms with Crippen LogP contribution in [0.1, 0.15) is 24.8 Å². The molecule has 2 N–H and O–H groups in total. The standard InChI is InChI=1S/C18H22F3N3O2/c19-18(20,21)12-3-5-13(6-4-12)22-17(25)23-14-7-15-10-26-16(11-1-2-11)9-24(15)8-14/h3-6,11,14-16H,1-2,7-10H2,(H2,22,23,25)/t14-,15-,16-/m0/s1. The van der Waals surface area contributed by atoms with Crippen molar-refractivity contribution in [3.05, 3.63) is 29.8 Å². The van der Waals surface area contributed by atoms with E-state index >= 15 is 0 Å². The Morgan fingerprint density at radius 2 is 1.88 bits per heavy atom. The monoisotopic (exact) mass is 369 g/mol. The molecule has 1 saturated carbocycles. The van der Waals surface area contributed by atoms with Crippen LogP contribution in [0.3, 0.4) is 0 Å². The molecule has 8 heteroatoms. The van der Waals surface area contributed by atoms with E-state index in [-0.39, 0.29) is 6.04 Å². The van der Waals surface area contributed by atoms with Gasteiger partial charge in [-0.25, -0.2) is 4.79 Å². The fraction of sp³-hybridized carbons (Fsp3) is 0.611. The molecule has 0 unspecified atom stereocenters. The largest absolute Gasteiger partial charge is 0.416 e. The summed E-state index contributed by atoms with van der Waals surface area (Å²) in [5, 5.41) is 5.52.